The molecule has 0 saturated heterocycles. The van der Waals surface area contributed by atoms with E-state index in [1.165, 1.54) is 9.13 Å². The number of nitrogens with zero attached hydrogens (tertiary/aromatic N) is 4. The van der Waals surface area contributed by atoms with Crippen molar-refractivity contribution in [1.29, 1.82) is 0 Å². The van der Waals surface area contributed by atoms with E-state index >= 15 is 0 Å². The Morgan fingerprint density at radius 1 is 1.19 bits per heavy atom. The molecule has 0 amide bonds. The van der Waals surface area contributed by atoms with Crippen LogP contribution in [0.4, 0.5) is 0 Å². The van der Waals surface area contributed by atoms with E-state index in [4.69, 9.17) is 16.3 Å². The van der Waals surface area contributed by atoms with Crippen LogP contribution in [0.3, 0.4) is 0 Å². The lowest BCUT2D eigenvalue weighted by Gasteiger charge is -2.06. The molecule has 3 aromatic heterocycles. The number of unbranched alkanes of at least 4 members (excludes halogenated alkanes) is 1. The molecule has 0 fully saturated rings. The van der Waals surface area contributed by atoms with Gasteiger partial charge in [0.25, 0.3) is 5.56 Å². The number of carbonyl (C=O) groups is 1. The molecule has 0 atom stereocenters. The second-order valence-corrected chi connectivity index (χ2v) is 7.53. The molecule has 1 aromatic carbocycles. The first-order chi connectivity index (χ1) is 14.9. The van der Waals surface area contributed by atoms with Gasteiger partial charge < -0.3 is 9.30 Å². The van der Waals surface area contributed by atoms with Crippen LogP contribution in [0.1, 0.15) is 35.9 Å². The molecule has 0 spiro atoms. The number of imidazole rings is 1. The van der Waals surface area contributed by atoms with E-state index < -0.39 is 17.2 Å². The van der Waals surface area contributed by atoms with E-state index in [-0.39, 0.29) is 17.8 Å². The first-order valence-corrected chi connectivity index (χ1v) is 10.2. The van der Waals surface area contributed by atoms with Crippen molar-refractivity contribution in [3.8, 4) is 0 Å². The monoisotopic (exact) mass is 441 g/mol. The SMILES string of the molecule is CCCCn1c(=O)[nH]c(=O)c2c1nc(COC(=O)c1ccc3nc(Cl)ccc3c1)n2C. The van der Waals surface area contributed by atoms with Crippen molar-refractivity contribution in [1.82, 2.24) is 24.1 Å². The molecule has 0 saturated carbocycles. The van der Waals surface area contributed by atoms with E-state index in [1.807, 2.05) is 6.92 Å². The minimum absolute atomic E-state index is 0.150. The van der Waals surface area contributed by atoms with Crippen molar-refractivity contribution >= 4 is 39.6 Å². The van der Waals surface area contributed by atoms with Gasteiger partial charge in [-0.3, -0.25) is 14.3 Å². The lowest BCUT2D eigenvalue weighted by atomic mass is 10.1. The predicted molar refractivity (Wildman–Crippen MR) is 116 cm³/mol. The van der Waals surface area contributed by atoms with Gasteiger partial charge in [0.2, 0.25) is 0 Å². The van der Waals surface area contributed by atoms with Crippen molar-refractivity contribution in [3.05, 3.63) is 67.7 Å². The maximum Gasteiger partial charge on any atom is 0.338 e. The number of hydrogen-bond acceptors (Lipinski definition) is 6. The molecule has 0 aliphatic rings. The second kappa shape index (κ2) is 8.35. The molecule has 10 heteroatoms. The highest BCUT2D eigenvalue weighted by molar-refractivity contribution is 6.29. The highest BCUT2D eigenvalue weighted by Gasteiger charge is 2.18. The summed E-state index contributed by atoms with van der Waals surface area (Å²) >= 11 is 5.89. The number of hydrogen-bond donors (Lipinski definition) is 1. The summed E-state index contributed by atoms with van der Waals surface area (Å²) in [6, 6.07) is 8.39. The summed E-state index contributed by atoms with van der Waals surface area (Å²) in [7, 11) is 1.65. The number of halogens is 1. The molecule has 9 nitrogen and oxygen atoms in total. The van der Waals surface area contributed by atoms with Crippen molar-refractivity contribution in [3.63, 3.8) is 0 Å². The Hall–Kier alpha value is -3.46. The normalized spacial score (nSPS) is 11.3. The highest BCUT2D eigenvalue weighted by atomic mass is 35.5. The van der Waals surface area contributed by atoms with Crippen LogP contribution >= 0.6 is 11.6 Å². The summed E-state index contributed by atoms with van der Waals surface area (Å²) in [5.74, 6) is -0.180. The van der Waals surface area contributed by atoms with E-state index in [9.17, 15) is 14.4 Å². The van der Waals surface area contributed by atoms with E-state index in [1.54, 1.807) is 37.4 Å². The molecule has 4 aromatic rings. The molecular weight excluding hydrogens is 422 g/mol. The fourth-order valence-electron chi connectivity index (χ4n) is 3.39. The molecule has 0 aliphatic heterocycles. The number of pyridine rings is 1. The van der Waals surface area contributed by atoms with E-state index in [2.05, 4.69) is 15.0 Å². The van der Waals surface area contributed by atoms with E-state index in [0.29, 0.717) is 28.6 Å². The van der Waals surface area contributed by atoms with Gasteiger partial charge in [0.1, 0.15) is 17.6 Å². The van der Waals surface area contributed by atoms with Gasteiger partial charge in [-0.05, 0) is 36.8 Å². The van der Waals surface area contributed by atoms with Crippen LogP contribution in [0.25, 0.3) is 22.1 Å². The molecule has 31 heavy (non-hydrogen) atoms. The summed E-state index contributed by atoms with van der Waals surface area (Å²) in [6.07, 6.45) is 1.65. The summed E-state index contributed by atoms with van der Waals surface area (Å²) in [5, 5.41) is 1.13. The molecule has 0 aliphatic carbocycles. The van der Waals surface area contributed by atoms with Gasteiger partial charge in [-0.25, -0.2) is 19.6 Å². The molecule has 3 heterocycles. The number of fused-ring (bicyclic) bond motifs is 2. The maximum atomic E-state index is 12.6. The standard InChI is InChI=1S/C21H20ClN5O4/c1-3-4-9-27-18-17(19(28)25-21(27)30)26(2)16(24-18)11-31-20(29)13-5-7-14-12(10-13)6-8-15(22)23-14/h5-8,10H,3-4,9,11H2,1-2H3,(H,25,28,30). The van der Waals surface area contributed by atoms with Gasteiger partial charge in [0, 0.05) is 19.0 Å². The number of ether oxygens (including phenoxy) is 1. The molecule has 160 valence electrons. The Morgan fingerprint density at radius 2 is 2.00 bits per heavy atom. The van der Waals surface area contributed by atoms with Crippen LogP contribution in [-0.4, -0.2) is 30.1 Å². The lowest BCUT2D eigenvalue weighted by molar-refractivity contribution is 0.0460. The van der Waals surface area contributed by atoms with Crippen molar-refractivity contribution in [2.75, 3.05) is 0 Å². The number of nitrogens with one attached hydrogen (secondary N) is 1. The number of aromatic amines is 1. The average molecular weight is 442 g/mol. The Kier molecular flexibility index (Phi) is 5.60. The zero-order valence-corrected chi connectivity index (χ0v) is 17.8. The molecule has 0 unspecified atom stereocenters. The van der Waals surface area contributed by atoms with Gasteiger partial charge in [-0.15, -0.1) is 0 Å². The van der Waals surface area contributed by atoms with Crippen molar-refractivity contribution in [2.45, 2.75) is 32.9 Å². The number of esters is 1. The van der Waals surface area contributed by atoms with Gasteiger partial charge in [-0.1, -0.05) is 24.9 Å². The van der Waals surface area contributed by atoms with Crippen LogP contribution in [0.15, 0.2) is 39.9 Å². The minimum Gasteiger partial charge on any atom is -0.454 e. The Balaban J connectivity index is 1.61. The van der Waals surface area contributed by atoms with Gasteiger partial charge in [0.15, 0.2) is 11.2 Å². The first kappa shape index (κ1) is 20.8. The van der Waals surface area contributed by atoms with Gasteiger partial charge in [0.05, 0.1) is 11.1 Å². The summed E-state index contributed by atoms with van der Waals surface area (Å²) in [4.78, 5) is 48.0. The topological polar surface area (TPSA) is 112 Å². The largest absolute Gasteiger partial charge is 0.454 e. The van der Waals surface area contributed by atoms with Crippen molar-refractivity contribution in [2.24, 2.45) is 7.05 Å². The molecule has 4 rings (SSSR count). The number of rotatable bonds is 6. The number of H-pyrrole nitrogens is 1. The molecule has 0 radical (unpaired) electrons. The Bertz CT molecular complexity index is 1420. The second-order valence-electron chi connectivity index (χ2n) is 7.14. The number of aryl methyl sites for hydroxylation is 2. The lowest BCUT2D eigenvalue weighted by Crippen LogP contribution is -2.31. The van der Waals surface area contributed by atoms with Gasteiger partial charge >= 0.3 is 11.7 Å². The maximum absolute atomic E-state index is 12.6. The van der Waals surface area contributed by atoms with Crippen LogP contribution < -0.4 is 11.2 Å². The summed E-state index contributed by atoms with van der Waals surface area (Å²) in [6.45, 7) is 2.30. The first-order valence-electron chi connectivity index (χ1n) is 9.81. The van der Waals surface area contributed by atoms with Gasteiger partial charge in [-0.2, -0.15) is 0 Å². The van der Waals surface area contributed by atoms with Crippen LogP contribution in [0.2, 0.25) is 5.15 Å². The fourth-order valence-corrected chi connectivity index (χ4v) is 3.54. The zero-order valence-electron chi connectivity index (χ0n) is 17.0. The predicted octanol–water partition coefficient (Wildman–Crippen LogP) is 2.78. The van der Waals surface area contributed by atoms with Crippen LogP contribution in [-0.2, 0) is 24.9 Å². The zero-order chi connectivity index (χ0) is 22.1. The Morgan fingerprint density at radius 3 is 2.77 bits per heavy atom. The fraction of sp³-hybridized carbons (Fsp3) is 0.286. The van der Waals surface area contributed by atoms with Crippen molar-refractivity contribution < 1.29 is 9.53 Å². The van der Waals surface area contributed by atoms with E-state index in [0.717, 1.165) is 18.2 Å². The smallest absolute Gasteiger partial charge is 0.338 e. The molecule has 0 bridgehead atoms. The highest BCUT2D eigenvalue weighted by Crippen LogP contribution is 2.18. The number of carbonyl (C=O) groups excluding carboxylic acids is 1. The number of benzene rings is 1. The quantitative estimate of drug-likeness (QED) is 0.363. The van der Waals surface area contributed by atoms with Crippen LogP contribution in [0, 0.1) is 0 Å². The average Bonchev–Trinajstić information content (AvgIpc) is 3.08. The third-order valence-corrected chi connectivity index (χ3v) is 5.27. The third kappa shape index (κ3) is 3.96. The number of aromatic nitrogens is 5. The third-order valence-electron chi connectivity index (χ3n) is 5.06. The summed E-state index contributed by atoms with van der Waals surface area (Å²) < 4.78 is 8.39. The molecule has 1 N–H and O–H groups in total. The van der Waals surface area contributed by atoms with Crippen LogP contribution in [0.5, 0.6) is 0 Å². The Labute approximate surface area is 181 Å². The summed E-state index contributed by atoms with van der Waals surface area (Å²) in [5.41, 5.74) is 0.537. The molecular formula is C21H20ClN5O4. The minimum atomic E-state index is -0.541.